The summed E-state index contributed by atoms with van der Waals surface area (Å²) in [5.41, 5.74) is 1.67. The molecule has 0 aliphatic carbocycles. The number of imidazole rings is 1. The molecular weight excluding hydrogens is 223 g/mol. The molecule has 0 spiro atoms. The van der Waals surface area contributed by atoms with Crippen LogP contribution < -0.4 is 0 Å². The zero-order valence-electron chi connectivity index (χ0n) is 9.64. The van der Waals surface area contributed by atoms with E-state index in [0.29, 0.717) is 5.69 Å². The van der Waals surface area contributed by atoms with Crippen LogP contribution in [0.15, 0.2) is 18.3 Å². The Morgan fingerprint density at radius 3 is 2.94 bits per heavy atom. The Hall–Kier alpha value is -1.91. The van der Waals surface area contributed by atoms with Gasteiger partial charge >= 0.3 is 5.97 Å². The number of hydrogen-bond donors (Lipinski definition) is 1. The molecule has 0 radical (unpaired) electrons. The van der Waals surface area contributed by atoms with Gasteiger partial charge in [0.2, 0.25) is 0 Å². The molecule has 0 saturated heterocycles. The van der Waals surface area contributed by atoms with E-state index in [1.807, 2.05) is 6.92 Å². The topological polar surface area (TPSA) is 54.6 Å². The predicted molar refractivity (Wildman–Crippen MR) is 60.6 cm³/mol. The van der Waals surface area contributed by atoms with Crippen molar-refractivity contribution in [3.05, 3.63) is 35.5 Å². The molecular formula is C12H13FN2O2. The van der Waals surface area contributed by atoms with E-state index in [1.54, 1.807) is 23.6 Å². The molecule has 0 amide bonds. The molecule has 1 N–H and O–H groups in total. The van der Waals surface area contributed by atoms with Crippen LogP contribution in [0.1, 0.15) is 30.7 Å². The second-order valence-corrected chi connectivity index (χ2v) is 4.13. The van der Waals surface area contributed by atoms with Crippen LogP contribution in [-0.2, 0) is 4.79 Å². The van der Waals surface area contributed by atoms with E-state index < -0.39 is 11.8 Å². The molecule has 4 nitrogen and oxygen atoms in total. The Labute approximate surface area is 97.7 Å². The van der Waals surface area contributed by atoms with Gasteiger partial charge in [0.15, 0.2) is 11.5 Å². The lowest BCUT2D eigenvalue weighted by atomic mass is 10.0. The normalized spacial score (nSPS) is 12.9. The quantitative estimate of drug-likeness (QED) is 0.890. The number of carbonyl (C=O) groups is 1. The number of aliphatic carboxylic acids is 1. The molecule has 0 fully saturated rings. The van der Waals surface area contributed by atoms with Gasteiger partial charge in [-0.1, -0.05) is 6.92 Å². The summed E-state index contributed by atoms with van der Waals surface area (Å²) in [6.45, 7) is 3.59. The summed E-state index contributed by atoms with van der Waals surface area (Å²) in [7, 11) is 0. The molecule has 5 heteroatoms. The minimum atomic E-state index is -0.880. The van der Waals surface area contributed by atoms with Crippen molar-refractivity contribution in [3.63, 3.8) is 0 Å². The number of aromatic nitrogens is 2. The van der Waals surface area contributed by atoms with Crippen LogP contribution >= 0.6 is 0 Å². The van der Waals surface area contributed by atoms with Gasteiger partial charge in [-0.3, -0.25) is 4.79 Å². The third-order valence-electron chi connectivity index (χ3n) is 2.83. The van der Waals surface area contributed by atoms with Crippen molar-refractivity contribution < 1.29 is 14.3 Å². The SMILES string of the molecule is Cc1c(C(C)CC(=O)O)nc2c(F)cccn12. The molecule has 2 aromatic heterocycles. The maximum atomic E-state index is 13.5. The Morgan fingerprint density at radius 1 is 1.65 bits per heavy atom. The number of aryl methyl sites for hydroxylation is 1. The number of pyridine rings is 1. The van der Waals surface area contributed by atoms with Crippen LogP contribution in [-0.4, -0.2) is 20.5 Å². The van der Waals surface area contributed by atoms with Gasteiger partial charge in [0.25, 0.3) is 0 Å². The zero-order chi connectivity index (χ0) is 12.6. The van der Waals surface area contributed by atoms with E-state index in [0.717, 1.165) is 5.69 Å². The number of carboxylic acids is 1. The Bertz CT molecular complexity index is 577. The van der Waals surface area contributed by atoms with Crippen molar-refractivity contribution >= 4 is 11.6 Å². The van der Waals surface area contributed by atoms with Crippen molar-refractivity contribution in [2.45, 2.75) is 26.2 Å². The highest BCUT2D eigenvalue weighted by molar-refractivity contribution is 5.68. The summed E-state index contributed by atoms with van der Waals surface area (Å²) in [6, 6.07) is 2.94. The fourth-order valence-corrected chi connectivity index (χ4v) is 2.00. The van der Waals surface area contributed by atoms with Crippen molar-refractivity contribution in [2.24, 2.45) is 0 Å². The van der Waals surface area contributed by atoms with Crippen LogP contribution in [0.3, 0.4) is 0 Å². The summed E-state index contributed by atoms with van der Waals surface area (Å²) in [5, 5.41) is 8.76. The average molecular weight is 236 g/mol. The first kappa shape index (κ1) is 11.6. The Kier molecular flexibility index (Phi) is 2.83. The van der Waals surface area contributed by atoms with Crippen molar-refractivity contribution in [3.8, 4) is 0 Å². The Morgan fingerprint density at radius 2 is 2.35 bits per heavy atom. The molecule has 0 saturated carbocycles. The summed E-state index contributed by atoms with van der Waals surface area (Å²) < 4.78 is 15.1. The van der Waals surface area contributed by atoms with Crippen LogP contribution in [0, 0.1) is 12.7 Å². The van der Waals surface area contributed by atoms with Gasteiger partial charge < -0.3 is 9.51 Å². The van der Waals surface area contributed by atoms with Crippen molar-refractivity contribution in [1.29, 1.82) is 0 Å². The zero-order valence-corrected chi connectivity index (χ0v) is 9.64. The van der Waals surface area contributed by atoms with Gasteiger partial charge in [0.1, 0.15) is 0 Å². The van der Waals surface area contributed by atoms with Gasteiger partial charge in [0, 0.05) is 17.8 Å². The molecule has 0 aromatic carbocycles. The summed E-state index contributed by atoms with van der Waals surface area (Å²) >= 11 is 0. The molecule has 2 aromatic rings. The smallest absolute Gasteiger partial charge is 0.304 e. The van der Waals surface area contributed by atoms with E-state index in [1.165, 1.54) is 6.07 Å². The van der Waals surface area contributed by atoms with E-state index in [9.17, 15) is 9.18 Å². The van der Waals surface area contributed by atoms with Crippen LogP contribution in [0.5, 0.6) is 0 Å². The van der Waals surface area contributed by atoms with Gasteiger partial charge in [-0.25, -0.2) is 9.37 Å². The molecule has 0 aliphatic heterocycles. The molecule has 0 aliphatic rings. The van der Waals surface area contributed by atoms with Gasteiger partial charge in [0.05, 0.1) is 12.1 Å². The standard InChI is InChI=1S/C12H13FN2O2/c1-7(6-10(16)17)11-8(2)15-5-3-4-9(13)12(15)14-11/h3-5,7H,6H2,1-2H3,(H,16,17). The lowest BCUT2D eigenvalue weighted by Crippen LogP contribution is -2.04. The highest BCUT2D eigenvalue weighted by Crippen LogP contribution is 2.24. The molecule has 2 rings (SSSR count). The first-order valence-electron chi connectivity index (χ1n) is 5.35. The average Bonchev–Trinajstić information content (AvgIpc) is 2.57. The van der Waals surface area contributed by atoms with Crippen molar-refractivity contribution in [1.82, 2.24) is 9.38 Å². The largest absolute Gasteiger partial charge is 0.481 e. The Balaban J connectivity index is 2.52. The number of halogens is 1. The summed E-state index contributed by atoms with van der Waals surface area (Å²) in [6.07, 6.45) is 1.71. The lowest BCUT2D eigenvalue weighted by molar-refractivity contribution is -0.137. The first-order valence-corrected chi connectivity index (χ1v) is 5.35. The third kappa shape index (κ3) is 2.00. The van der Waals surface area contributed by atoms with E-state index in [-0.39, 0.29) is 18.0 Å². The minimum Gasteiger partial charge on any atom is -0.481 e. The molecule has 0 bridgehead atoms. The number of hydrogen-bond acceptors (Lipinski definition) is 2. The number of fused-ring (bicyclic) bond motifs is 1. The lowest BCUT2D eigenvalue weighted by Gasteiger charge is -2.06. The van der Waals surface area contributed by atoms with Gasteiger partial charge in [-0.2, -0.15) is 0 Å². The number of carboxylic acid groups (broad SMARTS) is 1. The third-order valence-corrected chi connectivity index (χ3v) is 2.83. The number of rotatable bonds is 3. The first-order chi connectivity index (χ1) is 8.00. The fourth-order valence-electron chi connectivity index (χ4n) is 2.00. The predicted octanol–water partition coefficient (Wildman–Crippen LogP) is 2.36. The highest BCUT2D eigenvalue weighted by Gasteiger charge is 2.18. The summed E-state index contributed by atoms with van der Waals surface area (Å²) in [5.74, 6) is -1.51. The van der Waals surface area contributed by atoms with E-state index >= 15 is 0 Å². The second kappa shape index (κ2) is 4.16. The van der Waals surface area contributed by atoms with Crippen LogP contribution in [0.4, 0.5) is 4.39 Å². The van der Waals surface area contributed by atoms with E-state index in [2.05, 4.69) is 4.98 Å². The molecule has 90 valence electrons. The van der Waals surface area contributed by atoms with Crippen LogP contribution in [0.2, 0.25) is 0 Å². The monoisotopic (exact) mass is 236 g/mol. The van der Waals surface area contributed by atoms with Gasteiger partial charge in [-0.05, 0) is 19.1 Å². The molecule has 17 heavy (non-hydrogen) atoms. The fraction of sp³-hybridized carbons (Fsp3) is 0.333. The summed E-state index contributed by atoms with van der Waals surface area (Å²) in [4.78, 5) is 14.9. The minimum absolute atomic E-state index is 0.00760. The van der Waals surface area contributed by atoms with Crippen LogP contribution in [0.25, 0.3) is 5.65 Å². The molecule has 2 heterocycles. The van der Waals surface area contributed by atoms with E-state index in [4.69, 9.17) is 5.11 Å². The maximum Gasteiger partial charge on any atom is 0.304 e. The molecule has 1 unspecified atom stereocenters. The van der Waals surface area contributed by atoms with Gasteiger partial charge in [-0.15, -0.1) is 0 Å². The second-order valence-electron chi connectivity index (χ2n) is 4.13. The number of nitrogens with zero attached hydrogens (tertiary/aromatic N) is 2. The molecule has 1 atom stereocenters. The van der Waals surface area contributed by atoms with Crippen molar-refractivity contribution in [2.75, 3.05) is 0 Å². The highest BCUT2D eigenvalue weighted by atomic mass is 19.1. The maximum absolute atomic E-state index is 13.5.